The van der Waals surface area contributed by atoms with Gasteiger partial charge in [0, 0.05) is 19.0 Å². The van der Waals surface area contributed by atoms with Crippen molar-refractivity contribution in [1.82, 2.24) is 10.6 Å². The minimum Gasteiger partial charge on any atom is -0.338 e. The van der Waals surface area contributed by atoms with Crippen LogP contribution in [0.1, 0.15) is 38.3 Å². The van der Waals surface area contributed by atoms with E-state index in [0.29, 0.717) is 19.0 Å². The first kappa shape index (κ1) is 15.8. The van der Waals surface area contributed by atoms with E-state index in [4.69, 9.17) is 11.6 Å². The van der Waals surface area contributed by atoms with Crippen molar-refractivity contribution in [2.24, 2.45) is 0 Å². The van der Waals surface area contributed by atoms with Gasteiger partial charge in [0.15, 0.2) is 0 Å². The molecular weight excluding hydrogens is 260 g/mol. The van der Waals surface area contributed by atoms with Crippen molar-refractivity contribution < 1.29 is 4.79 Å². The van der Waals surface area contributed by atoms with Crippen LogP contribution in [0.15, 0.2) is 24.3 Å². The summed E-state index contributed by atoms with van der Waals surface area (Å²) in [5, 5.41) is 5.58. The number of hydrogen-bond acceptors (Lipinski definition) is 1. The molecule has 0 fully saturated rings. The Hall–Kier alpha value is -1.22. The van der Waals surface area contributed by atoms with Crippen LogP contribution in [0.5, 0.6) is 0 Å². The number of rotatable bonds is 5. The highest BCUT2D eigenvalue weighted by Crippen LogP contribution is 2.22. The minimum absolute atomic E-state index is 0.148. The zero-order chi connectivity index (χ0) is 14.3. The van der Waals surface area contributed by atoms with Crippen LogP contribution < -0.4 is 10.6 Å². The second-order valence-corrected chi connectivity index (χ2v) is 5.98. The molecule has 0 aromatic heterocycles. The van der Waals surface area contributed by atoms with E-state index in [1.165, 1.54) is 5.56 Å². The number of hydrogen-bond donors (Lipinski definition) is 2. The summed E-state index contributed by atoms with van der Waals surface area (Å²) in [6.07, 6.45) is 0.787. The molecule has 0 spiro atoms. The lowest BCUT2D eigenvalue weighted by atomic mass is 9.87. The molecule has 0 radical (unpaired) electrons. The number of urea groups is 1. The van der Waals surface area contributed by atoms with Crippen LogP contribution in [0.3, 0.4) is 0 Å². The Balaban J connectivity index is 2.40. The number of amides is 2. The van der Waals surface area contributed by atoms with Gasteiger partial charge in [-0.3, -0.25) is 0 Å². The van der Waals surface area contributed by atoms with Gasteiger partial charge in [-0.2, -0.15) is 0 Å². The second kappa shape index (κ2) is 7.39. The molecule has 0 saturated carbocycles. The predicted octanol–water partition coefficient (Wildman–Crippen LogP) is 3.41. The molecule has 0 aliphatic rings. The first-order valence-electron chi connectivity index (χ1n) is 6.60. The van der Waals surface area contributed by atoms with Gasteiger partial charge in [-0.15, -0.1) is 11.6 Å². The minimum atomic E-state index is -0.148. The van der Waals surface area contributed by atoms with Crippen LogP contribution in [0, 0.1) is 0 Å². The van der Waals surface area contributed by atoms with Crippen LogP contribution in [-0.2, 0) is 12.0 Å². The Morgan fingerprint density at radius 3 is 2.32 bits per heavy atom. The molecule has 0 bridgehead atoms. The van der Waals surface area contributed by atoms with Crippen molar-refractivity contribution in [1.29, 1.82) is 0 Å². The molecule has 0 aliphatic carbocycles. The number of alkyl halides is 1. The van der Waals surface area contributed by atoms with Crippen molar-refractivity contribution in [2.45, 2.75) is 39.2 Å². The maximum Gasteiger partial charge on any atom is 0.315 e. The van der Waals surface area contributed by atoms with Crippen LogP contribution in [0.4, 0.5) is 4.79 Å². The van der Waals surface area contributed by atoms with Crippen LogP contribution >= 0.6 is 11.6 Å². The molecule has 0 saturated heterocycles. The highest BCUT2D eigenvalue weighted by Gasteiger charge is 2.12. The molecule has 0 atom stereocenters. The zero-order valence-corrected chi connectivity index (χ0v) is 12.7. The molecule has 0 aliphatic heterocycles. The molecule has 0 unspecified atom stereocenters. The number of benzene rings is 1. The van der Waals surface area contributed by atoms with E-state index in [-0.39, 0.29) is 11.4 Å². The van der Waals surface area contributed by atoms with E-state index in [9.17, 15) is 4.79 Å². The third-order valence-corrected chi connectivity index (χ3v) is 3.14. The van der Waals surface area contributed by atoms with Gasteiger partial charge in [-0.1, -0.05) is 45.0 Å². The van der Waals surface area contributed by atoms with Crippen molar-refractivity contribution in [3.05, 3.63) is 35.4 Å². The number of carbonyl (C=O) groups excluding carboxylic acids is 1. The first-order chi connectivity index (χ1) is 8.93. The number of carbonyl (C=O) groups is 1. The summed E-state index contributed by atoms with van der Waals surface area (Å²) < 4.78 is 0. The van der Waals surface area contributed by atoms with Gasteiger partial charge in [-0.25, -0.2) is 4.79 Å². The highest BCUT2D eigenvalue weighted by atomic mass is 35.5. The van der Waals surface area contributed by atoms with E-state index in [2.05, 4.69) is 55.7 Å². The van der Waals surface area contributed by atoms with Crippen molar-refractivity contribution in [3.8, 4) is 0 Å². The first-order valence-corrected chi connectivity index (χ1v) is 7.14. The third kappa shape index (κ3) is 5.97. The van der Waals surface area contributed by atoms with Gasteiger partial charge in [-0.05, 0) is 23.0 Å². The fourth-order valence-corrected chi connectivity index (χ4v) is 1.77. The average molecular weight is 283 g/mol. The summed E-state index contributed by atoms with van der Waals surface area (Å²) in [5.74, 6) is 0.564. The topological polar surface area (TPSA) is 41.1 Å². The molecule has 19 heavy (non-hydrogen) atoms. The fraction of sp³-hybridized carbons (Fsp3) is 0.533. The van der Waals surface area contributed by atoms with Crippen LogP contribution in [0.25, 0.3) is 0 Å². The summed E-state index contributed by atoms with van der Waals surface area (Å²) in [4.78, 5) is 11.5. The SMILES string of the molecule is CC(C)(C)c1ccc(CNC(=O)NCCCCl)cc1. The van der Waals surface area contributed by atoms with E-state index < -0.39 is 0 Å². The summed E-state index contributed by atoms with van der Waals surface area (Å²) in [7, 11) is 0. The Labute approximate surface area is 120 Å². The van der Waals surface area contributed by atoms with Gasteiger partial charge in [0.2, 0.25) is 0 Å². The summed E-state index contributed by atoms with van der Waals surface area (Å²) in [5.41, 5.74) is 2.55. The molecule has 0 heterocycles. The lowest BCUT2D eigenvalue weighted by Crippen LogP contribution is -2.35. The number of nitrogens with one attached hydrogen (secondary N) is 2. The van der Waals surface area contributed by atoms with Gasteiger partial charge in [0.25, 0.3) is 0 Å². The van der Waals surface area contributed by atoms with Crippen molar-refractivity contribution in [2.75, 3.05) is 12.4 Å². The fourth-order valence-electron chi connectivity index (χ4n) is 1.64. The Bertz CT molecular complexity index is 396. The zero-order valence-electron chi connectivity index (χ0n) is 11.9. The van der Waals surface area contributed by atoms with Crippen molar-refractivity contribution in [3.63, 3.8) is 0 Å². The highest BCUT2D eigenvalue weighted by molar-refractivity contribution is 6.17. The van der Waals surface area contributed by atoms with Gasteiger partial charge < -0.3 is 10.6 Å². The standard InChI is InChI=1S/C15H23ClN2O/c1-15(2,3)13-7-5-12(6-8-13)11-18-14(19)17-10-4-9-16/h5-8H,4,9-11H2,1-3H3,(H2,17,18,19). The molecule has 3 nitrogen and oxygen atoms in total. The maximum atomic E-state index is 11.5. The molecular formula is C15H23ClN2O. The van der Waals surface area contributed by atoms with E-state index in [1.54, 1.807) is 0 Å². The van der Waals surface area contributed by atoms with Gasteiger partial charge in [0.05, 0.1) is 0 Å². The summed E-state index contributed by atoms with van der Waals surface area (Å²) in [6.45, 7) is 7.70. The van der Waals surface area contributed by atoms with Crippen molar-refractivity contribution >= 4 is 17.6 Å². The largest absolute Gasteiger partial charge is 0.338 e. The molecule has 2 N–H and O–H groups in total. The van der Waals surface area contributed by atoms with E-state index >= 15 is 0 Å². The quantitative estimate of drug-likeness (QED) is 0.631. The third-order valence-electron chi connectivity index (χ3n) is 2.87. The smallest absolute Gasteiger partial charge is 0.315 e. The molecule has 2 amide bonds. The normalized spacial score (nSPS) is 11.2. The summed E-state index contributed by atoms with van der Waals surface area (Å²) in [6, 6.07) is 8.19. The van der Waals surface area contributed by atoms with E-state index in [0.717, 1.165) is 12.0 Å². The Kier molecular flexibility index (Phi) is 6.16. The summed E-state index contributed by atoms with van der Waals surface area (Å²) >= 11 is 5.54. The molecule has 1 aromatic rings. The van der Waals surface area contributed by atoms with Gasteiger partial charge >= 0.3 is 6.03 Å². The maximum absolute atomic E-state index is 11.5. The Morgan fingerprint density at radius 2 is 1.79 bits per heavy atom. The molecule has 1 aromatic carbocycles. The average Bonchev–Trinajstić information content (AvgIpc) is 2.36. The van der Waals surface area contributed by atoms with Crippen LogP contribution in [-0.4, -0.2) is 18.5 Å². The van der Waals surface area contributed by atoms with Crippen LogP contribution in [0.2, 0.25) is 0 Å². The molecule has 4 heteroatoms. The van der Waals surface area contributed by atoms with Gasteiger partial charge in [0.1, 0.15) is 0 Å². The number of halogens is 1. The lowest BCUT2D eigenvalue weighted by Gasteiger charge is -2.19. The van der Waals surface area contributed by atoms with E-state index in [1.807, 2.05) is 0 Å². The predicted molar refractivity (Wildman–Crippen MR) is 80.7 cm³/mol. The molecule has 1 rings (SSSR count). The monoisotopic (exact) mass is 282 g/mol. The second-order valence-electron chi connectivity index (χ2n) is 5.60. The Morgan fingerprint density at radius 1 is 1.16 bits per heavy atom. The lowest BCUT2D eigenvalue weighted by molar-refractivity contribution is 0.240. The molecule has 106 valence electrons.